The van der Waals surface area contributed by atoms with Crippen molar-refractivity contribution in [1.29, 1.82) is 0 Å². The van der Waals surface area contributed by atoms with Crippen LogP contribution in [0.4, 0.5) is 5.69 Å². The minimum Gasteiger partial charge on any atom is -0.459 e. The first-order valence-corrected chi connectivity index (χ1v) is 15.7. The number of nitrogens with zero attached hydrogens (tertiary/aromatic N) is 1. The van der Waals surface area contributed by atoms with E-state index < -0.39 is 33.4 Å². The van der Waals surface area contributed by atoms with Crippen molar-refractivity contribution in [1.82, 2.24) is 0 Å². The fourth-order valence-corrected chi connectivity index (χ4v) is 6.91. The van der Waals surface area contributed by atoms with Crippen molar-refractivity contribution < 1.29 is 23.7 Å². The van der Waals surface area contributed by atoms with E-state index in [1.54, 1.807) is 0 Å². The van der Waals surface area contributed by atoms with Crippen LogP contribution in [0.2, 0.25) is 37.8 Å². The summed E-state index contributed by atoms with van der Waals surface area (Å²) in [6.07, 6.45) is -0.750. The molecule has 9 heteroatoms. The molecule has 0 saturated heterocycles. The average molecular weight is 426 g/mol. The number of hydrogen-bond acceptors (Lipinski definition) is 6. The molecule has 0 N–H and O–H groups in total. The van der Waals surface area contributed by atoms with Gasteiger partial charge in [-0.1, -0.05) is 40.4 Å². The highest BCUT2D eigenvalue weighted by Gasteiger charge is 2.39. The number of esters is 1. The van der Waals surface area contributed by atoms with Gasteiger partial charge in [0.1, 0.15) is 26.2 Å². The van der Waals surface area contributed by atoms with E-state index in [1.807, 2.05) is 19.6 Å². The average Bonchev–Trinajstić information content (AvgIpc) is 2.67. The SMILES string of the molecule is CC[Si](CC)(CC)O[C@@H](COC(=O)c1ccc([N+](=O)[O-])cc1)C(=O)[Si](C)(C)C. The number of carbonyl (C=O) groups excluding carboxylic acids is 2. The molecule has 0 aromatic heterocycles. The van der Waals surface area contributed by atoms with Crippen LogP contribution in [0.25, 0.3) is 0 Å². The highest BCUT2D eigenvalue weighted by atomic mass is 28.4. The third-order valence-electron chi connectivity index (χ3n) is 5.04. The Morgan fingerprint density at radius 2 is 1.54 bits per heavy atom. The maximum atomic E-state index is 13.0. The van der Waals surface area contributed by atoms with E-state index in [0.717, 1.165) is 18.1 Å². The van der Waals surface area contributed by atoms with Crippen molar-refractivity contribution in [3.8, 4) is 0 Å². The minimum absolute atomic E-state index is 0.0382. The number of non-ortho nitro benzene ring substituents is 1. The lowest BCUT2D eigenvalue weighted by Crippen LogP contribution is -2.51. The molecule has 0 radical (unpaired) electrons. The summed E-state index contributed by atoms with van der Waals surface area (Å²) in [4.78, 5) is 35.5. The van der Waals surface area contributed by atoms with Gasteiger partial charge in [0.2, 0.25) is 0 Å². The fraction of sp³-hybridized carbons (Fsp3) is 0.579. The molecule has 0 aliphatic heterocycles. The Morgan fingerprint density at radius 1 is 1.04 bits per heavy atom. The molecule has 0 heterocycles. The van der Waals surface area contributed by atoms with Gasteiger partial charge in [-0.3, -0.25) is 10.1 Å². The summed E-state index contributed by atoms with van der Waals surface area (Å²) in [7, 11) is -4.20. The molecule has 0 amide bonds. The Balaban J connectivity index is 2.95. The number of carbonyl (C=O) groups is 2. The quantitative estimate of drug-likeness (QED) is 0.223. The summed E-state index contributed by atoms with van der Waals surface area (Å²) in [5.41, 5.74) is 0.103. The van der Waals surface area contributed by atoms with E-state index in [0.29, 0.717) is 0 Å². The lowest BCUT2D eigenvalue weighted by molar-refractivity contribution is -0.384. The van der Waals surface area contributed by atoms with Crippen molar-refractivity contribution >= 4 is 33.5 Å². The van der Waals surface area contributed by atoms with E-state index in [4.69, 9.17) is 9.16 Å². The Kier molecular flexibility index (Phi) is 8.71. The molecule has 1 atom stereocenters. The molecule has 156 valence electrons. The Bertz CT molecular complexity index is 687. The van der Waals surface area contributed by atoms with Crippen molar-refractivity contribution in [3.05, 3.63) is 39.9 Å². The van der Waals surface area contributed by atoms with Crippen LogP contribution in [-0.2, 0) is 14.0 Å². The van der Waals surface area contributed by atoms with Crippen molar-refractivity contribution in [2.75, 3.05) is 6.61 Å². The van der Waals surface area contributed by atoms with Gasteiger partial charge in [0.25, 0.3) is 5.69 Å². The van der Waals surface area contributed by atoms with Crippen LogP contribution in [0.15, 0.2) is 24.3 Å². The Labute approximate surface area is 168 Å². The lowest BCUT2D eigenvalue weighted by Gasteiger charge is -2.34. The predicted octanol–water partition coefficient (Wildman–Crippen LogP) is 4.59. The second-order valence-electron chi connectivity index (χ2n) is 7.87. The van der Waals surface area contributed by atoms with Crippen LogP contribution < -0.4 is 0 Å². The summed E-state index contributed by atoms with van der Waals surface area (Å²) in [6.45, 7) is 12.0. The molecule has 0 aliphatic carbocycles. The number of nitro benzene ring substituents is 1. The van der Waals surface area contributed by atoms with Crippen LogP contribution in [0.1, 0.15) is 31.1 Å². The molecule has 1 rings (SSSR count). The molecule has 0 unspecified atom stereocenters. The number of nitro groups is 1. The Hall–Kier alpha value is -1.85. The maximum Gasteiger partial charge on any atom is 0.338 e. The van der Waals surface area contributed by atoms with Gasteiger partial charge in [-0.2, -0.15) is 0 Å². The number of benzene rings is 1. The number of ether oxygens (including phenoxy) is 1. The zero-order chi connectivity index (χ0) is 21.5. The van der Waals surface area contributed by atoms with Crippen molar-refractivity contribution in [3.63, 3.8) is 0 Å². The van der Waals surface area contributed by atoms with E-state index in [-0.39, 0.29) is 23.3 Å². The first kappa shape index (κ1) is 24.2. The molecule has 0 fully saturated rings. The molecule has 0 aliphatic rings. The lowest BCUT2D eigenvalue weighted by atomic mass is 10.2. The van der Waals surface area contributed by atoms with Gasteiger partial charge in [0, 0.05) is 12.1 Å². The van der Waals surface area contributed by atoms with Crippen molar-refractivity contribution in [2.45, 2.75) is 64.6 Å². The van der Waals surface area contributed by atoms with Crippen LogP contribution in [0.3, 0.4) is 0 Å². The summed E-state index contributed by atoms with van der Waals surface area (Å²) >= 11 is 0. The monoisotopic (exact) mass is 425 g/mol. The number of hydrogen-bond donors (Lipinski definition) is 0. The van der Waals surface area contributed by atoms with Crippen molar-refractivity contribution in [2.24, 2.45) is 0 Å². The molecule has 1 aromatic rings. The second kappa shape index (κ2) is 10.1. The standard InChI is InChI=1S/C19H31NO6Si2/c1-7-28(8-2,9-3)26-17(19(22)27(4,5)6)14-25-18(21)15-10-12-16(13-11-15)20(23)24/h10-13,17H,7-9,14H2,1-6H3/t17-/m0/s1. The van der Waals surface area contributed by atoms with Gasteiger partial charge < -0.3 is 14.0 Å². The first-order valence-electron chi connectivity index (χ1n) is 9.63. The summed E-state index contributed by atoms with van der Waals surface area (Å²) < 4.78 is 11.7. The van der Waals surface area contributed by atoms with Gasteiger partial charge in [0.05, 0.1) is 10.5 Å². The molecule has 0 saturated carbocycles. The van der Waals surface area contributed by atoms with Gasteiger partial charge in [-0.15, -0.1) is 0 Å². The Morgan fingerprint density at radius 3 is 1.93 bits per heavy atom. The summed E-state index contributed by atoms with van der Waals surface area (Å²) in [6, 6.07) is 7.88. The maximum absolute atomic E-state index is 13.0. The second-order valence-corrected chi connectivity index (χ2v) is 17.6. The molecule has 0 spiro atoms. The predicted molar refractivity (Wildman–Crippen MR) is 114 cm³/mol. The van der Waals surface area contributed by atoms with Crippen LogP contribution in [-0.4, -0.2) is 45.4 Å². The van der Waals surface area contributed by atoms with E-state index >= 15 is 0 Å². The van der Waals surface area contributed by atoms with Crippen LogP contribution in [0.5, 0.6) is 0 Å². The molecule has 7 nitrogen and oxygen atoms in total. The summed E-state index contributed by atoms with van der Waals surface area (Å²) in [5.74, 6) is -0.622. The van der Waals surface area contributed by atoms with Gasteiger partial charge in [-0.05, 0) is 30.3 Å². The van der Waals surface area contributed by atoms with E-state index in [9.17, 15) is 19.7 Å². The molecular formula is C19H31NO6Si2. The van der Waals surface area contributed by atoms with Crippen LogP contribution >= 0.6 is 0 Å². The van der Waals surface area contributed by atoms with E-state index in [1.165, 1.54) is 24.3 Å². The molecular weight excluding hydrogens is 394 g/mol. The molecule has 1 aromatic carbocycles. The smallest absolute Gasteiger partial charge is 0.338 e. The normalized spacial score (nSPS) is 13.1. The first-order chi connectivity index (χ1) is 13.0. The third-order valence-corrected chi connectivity index (χ3v) is 11.5. The highest BCUT2D eigenvalue weighted by molar-refractivity contribution is 7.04. The van der Waals surface area contributed by atoms with Gasteiger partial charge in [0.15, 0.2) is 8.32 Å². The topological polar surface area (TPSA) is 95.7 Å². The van der Waals surface area contributed by atoms with Crippen LogP contribution in [0, 0.1) is 10.1 Å². The highest BCUT2D eigenvalue weighted by Crippen LogP contribution is 2.25. The zero-order valence-corrected chi connectivity index (χ0v) is 19.6. The van der Waals surface area contributed by atoms with Gasteiger partial charge in [-0.25, -0.2) is 4.79 Å². The third kappa shape index (κ3) is 6.35. The zero-order valence-electron chi connectivity index (χ0n) is 17.6. The molecule has 0 bridgehead atoms. The number of rotatable bonds is 11. The molecule has 28 heavy (non-hydrogen) atoms. The summed E-state index contributed by atoms with van der Waals surface area (Å²) in [5, 5.41) is 10.8. The minimum atomic E-state index is -2.14. The van der Waals surface area contributed by atoms with Gasteiger partial charge >= 0.3 is 5.97 Å². The largest absolute Gasteiger partial charge is 0.459 e. The van der Waals surface area contributed by atoms with E-state index in [2.05, 4.69) is 20.8 Å². The fourth-order valence-electron chi connectivity index (χ4n) is 2.90.